The summed E-state index contributed by atoms with van der Waals surface area (Å²) in [7, 11) is 0. The second kappa shape index (κ2) is 6.16. The molecule has 1 aliphatic heterocycles. The van der Waals surface area contributed by atoms with E-state index < -0.39 is 0 Å². The molecule has 2 aliphatic rings. The second-order valence-electron chi connectivity index (χ2n) is 6.55. The van der Waals surface area contributed by atoms with Gasteiger partial charge in [-0.25, -0.2) is 0 Å². The molecule has 0 bridgehead atoms. The first kappa shape index (κ1) is 15.2. The smallest absolute Gasteiger partial charge is 0.254 e. The van der Waals surface area contributed by atoms with Crippen LogP contribution in [0.25, 0.3) is 0 Å². The summed E-state index contributed by atoms with van der Waals surface area (Å²) >= 11 is 0. The van der Waals surface area contributed by atoms with Crippen molar-refractivity contribution >= 4 is 12.2 Å². The van der Waals surface area contributed by atoms with E-state index in [1.807, 2.05) is 17.9 Å². The number of aromatic nitrogens is 1. The van der Waals surface area contributed by atoms with Crippen molar-refractivity contribution in [1.29, 1.82) is 0 Å². The fraction of sp³-hybridized carbons (Fsp3) is 0.588. The van der Waals surface area contributed by atoms with E-state index in [1.54, 1.807) is 12.3 Å². The van der Waals surface area contributed by atoms with Gasteiger partial charge >= 0.3 is 0 Å². The topological polar surface area (TPSA) is 53.5 Å². The van der Waals surface area contributed by atoms with Gasteiger partial charge in [-0.1, -0.05) is 0 Å². The van der Waals surface area contributed by atoms with Crippen molar-refractivity contribution in [2.75, 3.05) is 19.6 Å². The van der Waals surface area contributed by atoms with Gasteiger partial charge in [-0.15, -0.1) is 0 Å². The van der Waals surface area contributed by atoms with Crippen LogP contribution in [0.1, 0.15) is 35.8 Å². The third-order valence-corrected chi connectivity index (χ3v) is 4.92. The van der Waals surface area contributed by atoms with Crippen LogP contribution < -0.4 is 0 Å². The quantitative estimate of drug-likeness (QED) is 0.794. The van der Waals surface area contributed by atoms with E-state index >= 15 is 0 Å². The Morgan fingerprint density at radius 3 is 2.77 bits per heavy atom. The van der Waals surface area contributed by atoms with Gasteiger partial charge in [-0.3, -0.25) is 14.7 Å². The molecule has 1 aromatic rings. The molecule has 1 aromatic heterocycles. The number of nitrogens with zero attached hydrogens (tertiary/aromatic N) is 3. The number of amides is 1. The molecule has 1 atom stereocenters. The minimum absolute atomic E-state index is 0.0939. The Hall–Kier alpha value is -1.75. The number of carbonyl (C=O) groups excluding carboxylic acids is 2. The lowest BCUT2D eigenvalue weighted by molar-refractivity contribution is -0.116. The molecule has 1 aliphatic carbocycles. The standard InChI is InChI=1S/C17H23N3O2/c1-12-7-15(3-4-18-12)17(22)19-5-6-20(13(2)10-19)16-8-14(9-16)11-21/h3-4,7,11,13-14,16H,5-6,8-10H2,1-2H3/t13-,14?,16?/m0/s1. The van der Waals surface area contributed by atoms with Gasteiger partial charge < -0.3 is 9.69 Å². The van der Waals surface area contributed by atoms with Crippen LogP contribution >= 0.6 is 0 Å². The van der Waals surface area contributed by atoms with E-state index in [9.17, 15) is 9.59 Å². The summed E-state index contributed by atoms with van der Waals surface area (Å²) in [6, 6.07) is 4.50. The first-order valence-electron chi connectivity index (χ1n) is 8.01. The Morgan fingerprint density at radius 2 is 2.14 bits per heavy atom. The number of hydrogen-bond donors (Lipinski definition) is 0. The third kappa shape index (κ3) is 2.90. The van der Waals surface area contributed by atoms with E-state index in [0.717, 1.165) is 50.0 Å². The number of aldehydes is 1. The Kier molecular flexibility index (Phi) is 4.25. The molecule has 0 radical (unpaired) electrons. The monoisotopic (exact) mass is 301 g/mol. The number of pyridine rings is 1. The highest BCUT2D eigenvalue weighted by atomic mass is 16.2. The summed E-state index contributed by atoms with van der Waals surface area (Å²) < 4.78 is 0. The van der Waals surface area contributed by atoms with Crippen molar-refractivity contribution in [3.8, 4) is 0 Å². The predicted molar refractivity (Wildman–Crippen MR) is 83.6 cm³/mol. The normalized spacial score (nSPS) is 29.0. The van der Waals surface area contributed by atoms with Crippen molar-refractivity contribution in [2.45, 2.75) is 38.8 Å². The Morgan fingerprint density at radius 1 is 1.36 bits per heavy atom. The van der Waals surface area contributed by atoms with Crippen LogP contribution in [0.15, 0.2) is 18.3 Å². The van der Waals surface area contributed by atoms with Gasteiger partial charge in [0, 0.05) is 55.1 Å². The van der Waals surface area contributed by atoms with Crippen LogP contribution in [0, 0.1) is 12.8 Å². The minimum atomic E-state index is 0.0939. The van der Waals surface area contributed by atoms with E-state index in [-0.39, 0.29) is 11.8 Å². The lowest BCUT2D eigenvalue weighted by Gasteiger charge is -2.48. The maximum Gasteiger partial charge on any atom is 0.254 e. The lowest BCUT2D eigenvalue weighted by Crippen LogP contribution is -2.59. The average molecular weight is 301 g/mol. The fourth-order valence-corrected chi connectivity index (χ4v) is 3.57. The zero-order chi connectivity index (χ0) is 15.7. The van der Waals surface area contributed by atoms with Crippen molar-refractivity contribution in [1.82, 2.24) is 14.8 Å². The van der Waals surface area contributed by atoms with E-state index in [0.29, 0.717) is 12.1 Å². The van der Waals surface area contributed by atoms with Crippen LogP contribution in [0.3, 0.4) is 0 Å². The Bertz CT molecular complexity index is 569. The van der Waals surface area contributed by atoms with Gasteiger partial charge in [0.2, 0.25) is 0 Å². The molecular formula is C17H23N3O2. The molecule has 0 spiro atoms. The number of piperazine rings is 1. The number of rotatable bonds is 3. The maximum absolute atomic E-state index is 12.6. The molecule has 3 rings (SSSR count). The lowest BCUT2D eigenvalue weighted by atomic mass is 9.79. The van der Waals surface area contributed by atoms with E-state index in [4.69, 9.17) is 0 Å². The zero-order valence-electron chi connectivity index (χ0n) is 13.2. The molecule has 1 saturated heterocycles. The van der Waals surface area contributed by atoms with E-state index in [1.165, 1.54) is 0 Å². The zero-order valence-corrected chi connectivity index (χ0v) is 13.2. The predicted octanol–water partition coefficient (Wildman–Crippen LogP) is 1.51. The Balaban J connectivity index is 1.60. The molecule has 2 fully saturated rings. The molecule has 5 heteroatoms. The van der Waals surface area contributed by atoms with Crippen molar-refractivity contribution < 1.29 is 9.59 Å². The SMILES string of the molecule is Cc1cc(C(=O)N2CCN(C3CC(C=O)C3)[C@@H](C)C2)ccn1. The van der Waals surface area contributed by atoms with Gasteiger partial charge in [0.05, 0.1) is 0 Å². The van der Waals surface area contributed by atoms with Gasteiger partial charge in [0.1, 0.15) is 6.29 Å². The molecule has 2 heterocycles. The van der Waals surface area contributed by atoms with Crippen LogP contribution in [0.2, 0.25) is 0 Å². The van der Waals surface area contributed by atoms with Gasteiger partial charge in [-0.2, -0.15) is 0 Å². The summed E-state index contributed by atoms with van der Waals surface area (Å²) in [5.41, 5.74) is 1.59. The summed E-state index contributed by atoms with van der Waals surface area (Å²) in [5, 5.41) is 0. The molecule has 1 saturated carbocycles. The molecular weight excluding hydrogens is 278 g/mol. The summed E-state index contributed by atoms with van der Waals surface area (Å²) in [6.45, 7) is 6.48. The first-order valence-corrected chi connectivity index (χ1v) is 8.01. The van der Waals surface area contributed by atoms with Crippen molar-refractivity contribution in [3.63, 3.8) is 0 Å². The van der Waals surface area contributed by atoms with Crippen LogP contribution in [-0.4, -0.2) is 58.7 Å². The van der Waals surface area contributed by atoms with Gasteiger partial charge in [0.25, 0.3) is 5.91 Å². The molecule has 1 amide bonds. The van der Waals surface area contributed by atoms with Gasteiger partial charge in [0.15, 0.2) is 0 Å². The highest BCUT2D eigenvalue weighted by Gasteiger charge is 2.38. The molecule has 5 nitrogen and oxygen atoms in total. The summed E-state index contributed by atoms with van der Waals surface area (Å²) in [5.74, 6) is 0.341. The first-order chi connectivity index (χ1) is 10.6. The highest BCUT2D eigenvalue weighted by molar-refractivity contribution is 5.94. The maximum atomic E-state index is 12.6. The fourth-order valence-electron chi connectivity index (χ4n) is 3.57. The summed E-state index contributed by atoms with van der Waals surface area (Å²) in [4.78, 5) is 31.9. The second-order valence-corrected chi connectivity index (χ2v) is 6.55. The van der Waals surface area contributed by atoms with Crippen LogP contribution in [-0.2, 0) is 4.79 Å². The number of carbonyl (C=O) groups is 2. The van der Waals surface area contributed by atoms with E-state index in [2.05, 4.69) is 16.8 Å². The van der Waals surface area contributed by atoms with Crippen LogP contribution in [0.4, 0.5) is 0 Å². The highest BCUT2D eigenvalue weighted by Crippen LogP contribution is 2.32. The van der Waals surface area contributed by atoms with Gasteiger partial charge in [-0.05, 0) is 38.8 Å². The number of aryl methyl sites for hydroxylation is 1. The molecule has 0 unspecified atom stereocenters. The van der Waals surface area contributed by atoms with Crippen LogP contribution in [0.5, 0.6) is 0 Å². The molecule has 22 heavy (non-hydrogen) atoms. The number of hydrogen-bond acceptors (Lipinski definition) is 4. The largest absolute Gasteiger partial charge is 0.336 e. The average Bonchev–Trinajstić information content (AvgIpc) is 2.47. The molecule has 0 N–H and O–H groups in total. The summed E-state index contributed by atoms with van der Waals surface area (Å²) in [6.07, 6.45) is 4.72. The van der Waals surface area contributed by atoms with Crippen molar-refractivity contribution in [2.24, 2.45) is 5.92 Å². The molecule has 0 aromatic carbocycles. The molecule has 118 valence electrons. The Labute approximate surface area is 131 Å². The third-order valence-electron chi connectivity index (χ3n) is 4.92. The minimum Gasteiger partial charge on any atom is -0.336 e. The van der Waals surface area contributed by atoms with Crippen molar-refractivity contribution in [3.05, 3.63) is 29.6 Å².